The van der Waals surface area contributed by atoms with Crippen molar-refractivity contribution in [2.24, 2.45) is 5.84 Å². The summed E-state index contributed by atoms with van der Waals surface area (Å²) in [7, 11) is -3.11. The first-order chi connectivity index (χ1) is 7.98. The monoisotopic (exact) mass is 258 g/mol. The lowest BCUT2D eigenvalue weighted by Crippen LogP contribution is -2.33. The fraction of sp³-hybridized carbons (Fsp3) is 0.455. The maximum absolute atomic E-state index is 11.3. The number of benzene rings is 1. The summed E-state index contributed by atoms with van der Waals surface area (Å²) in [5.74, 6) is 6.00. The zero-order chi connectivity index (χ0) is 12.9. The summed E-state index contributed by atoms with van der Waals surface area (Å²) in [5, 5.41) is 0. The van der Waals surface area contributed by atoms with Gasteiger partial charge in [-0.3, -0.25) is 11.3 Å². The lowest BCUT2D eigenvalue weighted by atomic mass is 10.1. The van der Waals surface area contributed by atoms with E-state index >= 15 is 0 Å². The topological polar surface area (TPSA) is 81.4 Å². The first kappa shape index (κ1) is 14.0. The van der Waals surface area contributed by atoms with E-state index in [1.54, 1.807) is 12.1 Å². The summed E-state index contributed by atoms with van der Waals surface area (Å²) < 4.78 is 28.1. The van der Waals surface area contributed by atoms with Gasteiger partial charge in [-0.15, -0.1) is 0 Å². The second-order valence-corrected chi connectivity index (χ2v) is 5.97. The van der Waals surface area contributed by atoms with E-state index in [1.165, 1.54) is 6.26 Å². The minimum atomic E-state index is -3.11. The van der Waals surface area contributed by atoms with Crippen molar-refractivity contribution < 1.29 is 13.2 Å². The molecule has 0 heterocycles. The van der Waals surface area contributed by atoms with Gasteiger partial charge in [-0.25, -0.2) is 8.42 Å². The Bertz CT molecular complexity index is 460. The van der Waals surface area contributed by atoms with Gasteiger partial charge in [0.25, 0.3) is 0 Å². The maximum atomic E-state index is 11.3. The number of nitrogens with one attached hydrogen (secondary N) is 1. The van der Waals surface area contributed by atoms with Crippen LogP contribution in [-0.2, 0) is 9.84 Å². The van der Waals surface area contributed by atoms with Crippen LogP contribution in [0.25, 0.3) is 0 Å². The van der Waals surface area contributed by atoms with Gasteiger partial charge in [0, 0.05) is 11.8 Å². The molecule has 0 fully saturated rings. The highest BCUT2D eigenvalue weighted by Gasteiger charge is 2.19. The first-order valence-electron chi connectivity index (χ1n) is 5.33. The molecular weight excluding hydrogens is 240 g/mol. The molecule has 0 aliphatic heterocycles. The minimum Gasteiger partial charge on any atom is -0.494 e. The Labute approximate surface area is 102 Å². The number of hydrogen-bond acceptors (Lipinski definition) is 5. The normalized spacial score (nSPS) is 13.4. The predicted octanol–water partition coefficient (Wildman–Crippen LogP) is 0.634. The third kappa shape index (κ3) is 4.33. The SMILES string of the molecule is CCOc1ccccc1C(CS(C)(=O)=O)NN. The molecule has 0 saturated carbocycles. The third-order valence-corrected chi connectivity index (χ3v) is 3.20. The average Bonchev–Trinajstić information content (AvgIpc) is 2.26. The average molecular weight is 258 g/mol. The Balaban J connectivity index is 3.02. The third-order valence-electron chi connectivity index (χ3n) is 2.26. The molecule has 1 rings (SSSR count). The Morgan fingerprint density at radius 3 is 2.59 bits per heavy atom. The Hall–Kier alpha value is -1.11. The summed E-state index contributed by atoms with van der Waals surface area (Å²) in [6.45, 7) is 2.39. The van der Waals surface area contributed by atoms with Gasteiger partial charge in [-0.2, -0.15) is 0 Å². The van der Waals surface area contributed by atoms with Crippen LogP contribution in [0.4, 0.5) is 0 Å². The van der Waals surface area contributed by atoms with E-state index in [0.717, 1.165) is 5.56 Å². The van der Waals surface area contributed by atoms with Gasteiger partial charge in [0.2, 0.25) is 0 Å². The molecule has 5 nitrogen and oxygen atoms in total. The molecule has 3 N–H and O–H groups in total. The number of hydrazine groups is 1. The van der Waals surface area contributed by atoms with Crippen LogP contribution in [0.2, 0.25) is 0 Å². The van der Waals surface area contributed by atoms with Crippen molar-refractivity contribution in [1.82, 2.24) is 5.43 Å². The van der Waals surface area contributed by atoms with Crippen molar-refractivity contribution in [3.8, 4) is 5.75 Å². The van der Waals surface area contributed by atoms with Gasteiger partial charge in [0.1, 0.15) is 15.6 Å². The first-order valence-corrected chi connectivity index (χ1v) is 7.39. The van der Waals surface area contributed by atoms with Crippen LogP contribution in [0.1, 0.15) is 18.5 Å². The van der Waals surface area contributed by atoms with Crippen molar-refractivity contribution in [3.05, 3.63) is 29.8 Å². The fourth-order valence-electron chi connectivity index (χ4n) is 1.59. The lowest BCUT2D eigenvalue weighted by Gasteiger charge is -2.18. The molecule has 1 aromatic rings. The smallest absolute Gasteiger partial charge is 0.149 e. The Kier molecular flexibility index (Phi) is 4.92. The second kappa shape index (κ2) is 6.00. The number of para-hydroxylation sites is 1. The van der Waals surface area contributed by atoms with Crippen LogP contribution in [0, 0.1) is 0 Å². The molecule has 96 valence electrons. The molecule has 0 spiro atoms. The number of hydrogen-bond donors (Lipinski definition) is 2. The van der Waals surface area contributed by atoms with Crippen molar-refractivity contribution >= 4 is 9.84 Å². The van der Waals surface area contributed by atoms with E-state index in [-0.39, 0.29) is 5.75 Å². The van der Waals surface area contributed by atoms with Gasteiger partial charge >= 0.3 is 0 Å². The van der Waals surface area contributed by atoms with E-state index in [9.17, 15) is 8.42 Å². The van der Waals surface area contributed by atoms with Crippen LogP contribution >= 0.6 is 0 Å². The molecular formula is C11H18N2O3S. The summed E-state index contributed by atoms with van der Waals surface area (Å²) in [6, 6.07) is 6.80. The van der Waals surface area contributed by atoms with Crippen LogP contribution < -0.4 is 16.0 Å². The molecule has 0 saturated heterocycles. The lowest BCUT2D eigenvalue weighted by molar-refractivity contribution is 0.332. The van der Waals surface area contributed by atoms with E-state index in [4.69, 9.17) is 10.6 Å². The molecule has 6 heteroatoms. The molecule has 0 bridgehead atoms. The van der Waals surface area contributed by atoms with Crippen molar-refractivity contribution in [1.29, 1.82) is 0 Å². The highest BCUT2D eigenvalue weighted by molar-refractivity contribution is 7.90. The van der Waals surface area contributed by atoms with E-state index < -0.39 is 15.9 Å². The van der Waals surface area contributed by atoms with Gasteiger partial charge in [-0.05, 0) is 13.0 Å². The van der Waals surface area contributed by atoms with Crippen LogP contribution in [0.5, 0.6) is 5.75 Å². The molecule has 0 radical (unpaired) electrons. The zero-order valence-corrected chi connectivity index (χ0v) is 10.8. The van der Waals surface area contributed by atoms with Gasteiger partial charge in [-0.1, -0.05) is 18.2 Å². The molecule has 0 aromatic heterocycles. The molecule has 0 amide bonds. The predicted molar refractivity (Wildman–Crippen MR) is 67.4 cm³/mol. The van der Waals surface area contributed by atoms with Crippen molar-refractivity contribution in [2.75, 3.05) is 18.6 Å². The van der Waals surface area contributed by atoms with Gasteiger partial charge in [0.05, 0.1) is 18.4 Å². The standard InChI is InChI=1S/C11H18N2O3S/c1-3-16-11-7-5-4-6-9(11)10(13-12)8-17(2,14)15/h4-7,10,13H,3,8,12H2,1-2H3. The summed E-state index contributed by atoms with van der Waals surface area (Å²) in [4.78, 5) is 0. The summed E-state index contributed by atoms with van der Waals surface area (Å²) in [5.41, 5.74) is 3.27. The number of rotatable bonds is 6. The molecule has 0 aliphatic rings. The highest BCUT2D eigenvalue weighted by Crippen LogP contribution is 2.25. The largest absolute Gasteiger partial charge is 0.494 e. The van der Waals surface area contributed by atoms with Crippen LogP contribution in [0.3, 0.4) is 0 Å². The highest BCUT2D eigenvalue weighted by atomic mass is 32.2. The quantitative estimate of drug-likeness (QED) is 0.578. The van der Waals surface area contributed by atoms with Crippen molar-refractivity contribution in [3.63, 3.8) is 0 Å². The summed E-state index contributed by atoms with van der Waals surface area (Å²) >= 11 is 0. The van der Waals surface area contributed by atoms with Gasteiger partial charge in [0.15, 0.2) is 0 Å². The van der Waals surface area contributed by atoms with E-state index in [2.05, 4.69) is 5.43 Å². The van der Waals surface area contributed by atoms with Gasteiger partial charge < -0.3 is 4.74 Å². The fourth-order valence-corrected chi connectivity index (χ4v) is 2.47. The van der Waals surface area contributed by atoms with E-state index in [0.29, 0.717) is 12.4 Å². The number of sulfone groups is 1. The van der Waals surface area contributed by atoms with E-state index in [1.807, 2.05) is 19.1 Å². The molecule has 17 heavy (non-hydrogen) atoms. The molecule has 1 unspecified atom stereocenters. The maximum Gasteiger partial charge on any atom is 0.149 e. The molecule has 0 aliphatic carbocycles. The molecule has 1 aromatic carbocycles. The second-order valence-electron chi connectivity index (χ2n) is 3.78. The van der Waals surface area contributed by atoms with Crippen LogP contribution in [-0.4, -0.2) is 27.0 Å². The molecule has 1 atom stereocenters. The minimum absolute atomic E-state index is 0.0619. The Morgan fingerprint density at radius 1 is 1.41 bits per heavy atom. The number of nitrogens with two attached hydrogens (primary N) is 1. The summed E-state index contributed by atoms with van der Waals surface area (Å²) in [6.07, 6.45) is 1.18. The number of ether oxygens (including phenoxy) is 1. The van der Waals surface area contributed by atoms with Crippen molar-refractivity contribution in [2.45, 2.75) is 13.0 Å². The Morgan fingerprint density at radius 2 is 2.06 bits per heavy atom. The zero-order valence-electron chi connectivity index (χ0n) is 10.0. The van der Waals surface area contributed by atoms with Crippen LogP contribution in [0.15, 0.2) is 24.3 Å².